The van der Waals surface area contributed by atoms with Gasteiger partial charge in [-0.25, -0.2) is 0 Å². The van der Waals surface area contributed by atoms with Gasteiger partial charge in [-0.3, -0.25) is 4.79 Å². The lowest BCUT2D eigenvalue weighted by Gasteiger charge is -2.62. The van der Waals surface area contributed by atoms with Crippen molar-refractivity contribution in [2.75, 3.05) is 0 Å². The van der Waals surface area contributed by atoms with E-state index in [4.69, 9.17) is 12.0 Å². The molecular weight excluding hydrogens is 352 g/mol. The van der Waals surface area contributed by atoms with Gasteiger partial charge in [0, 0.05) is 14.6 Å². The van der Waals surface area contributed by atoms with Crippen LogP contribution in [0.2, 0.25) is 0 Å². The average Bonchev–Trinajstić information content (AvgIpc) is 3.06. The molecule has 0 heterocycles. The molecule has 160 valence electrons. The Balaban J connectivity index is 1.76. The second kappa shape index (κ2) is 7.27. The molecule has 3 N–H and O–H groups in total. The van der Waals surface area contributed by atoms with Crippen molar-refractivity contribution in [2.24, 2.45) is 46.3 Å². The first-order valence-corrected chi connectivity index (χ1v) is 10.9. The van der Waals surface area contributed by atoms with Crippen molar-refractivity contribution >= 4 is 5.97 Å². The van der Waals surface area contributed by atoms with Gasteiger partial charge in [0.05, 0.1) is 13.6 Å². The zero-order valence-corrected chi connectivity index (χ0v) is 17.2. The molecule has 0 aromatic heterocycles. The van der Waals surface area contributed by atoms with Crippen molar-refractivity contribution in [3.63, 3.8) is 0 Å². The normalized spacial score (nSPS) is 63.4. The lowest BCUT2D eigenvalue weighted by atomic mass is 9.43. The molecule has 0 aromatic rings. The topological polar surface area (TPSA) is 77.8 Å². The predicted octanol–water partition coefficient (Wildman–Crippen LogP) is 4.48. The standard InChI is InChI=1S/C24H40O4/c1-14(4-9-22(27)28)18-7-8-19-17-6-5-15-12-16(25)10-11-23(15,2)20(17)13-21(26)24(18,19)3/h14-21,25-26H,4-13H2,1-3H3,(H,27,28)/t14-,15-,16-,17+,18-,19+,20+,21+,23+,24-/m1/s1/i10D2,12D2,13D2,16D. The van der Waals surface area contributed by atoms with Crippen molar-refractivity contribution in [2.45, 2.75) is 97.0 Å². The fourth-order valence-electron chi connectivity index (χ4n) is 7.41. The van der Waals surface area contributed by atoms with Crippen LogP contribution in [0, 0.1) is 46.3 Å². The fourth-order valence-corrected chi connectivity index (χ4v) is 7.41. The molecule has 4 heteroatoms. The van der Waals surface area contributed by atoms with E-state index in [1.165, 1.54) is 0 Å². The first kappa shape index (κ1) is 13.6. The Morgan fingerprint density at radius 3 is 2.64 bits per heavy atom. The van der Waals surface area contributed by atoms with E-state index < -0.39 is 59.9 Å². The molecule has 0 amide bonds. The van der Waals surface area contributed by atoms with Crippen LogP contribution in [0.3, 0.4) is 0 Å². The number of aliphatic carboxylic acids is 1. The van der Waals surface area contributed by atoms with Gasteiger partial charge in [0.25, 0.3) is 0 Å². The summed E-state index contributed by atoms with van der Waals surface area (Å²) in [5.41, 5.74) is -1.96. The maximum absolute atomic E-state index is 11.7. The van der Waals surface area contributed by atoms with Gasteiger partial charge in [-0.2, -0.15) is 0 Å². The molecule has 4 aliphatic carbocycles. The number of carboxylic acid groups (broad SMARTS) is 1. The summed E-state index contributed by atoms with van der Waals surface area (Å²) in [7, 11) is 0. The highest BCUT2D eigenvalue weighted by atomic mass is 16.4. The van der Waals surface area contributed by atoms with Crippen LogP contribution in [-0.2, 0) is 4.79 Å². The van der Waals surface area contributed by atoms with Crippen LogP contribution < -0.4 is 0 Å². The van der Waals surface area contributed by atoms with Gasteiger partial charge < -0.3 is 15.3 Å². The van der Waals surface area contributed by atoms with Crippen LogP contribution >= 0.6 is 0 Å². The number of hydrogen-bond acceptors (Lipinski definition) is 3. The first-order valence-electron chi connectivity index (χ1n) is 14.4. The van der Waals surface area contributed by atoms with Crippen molar-refractivity contribution < 1.29 is 29.7 Å². The summed E-state index contributed by atoms with van der Waals surface area (Å²) in [5, 5.41) is 31.5. The van der Waals surface area contributed by atoms with E-state index in [2.05, 4.69) is 0 Å². The Bertz CT molecular complexity index is 880. The third kappa shape index (κ3) is 3.05. The van der Waals surface area contributed by atoms with E-state index in [-0.39, 0.29) is 36.5 Å². The molecule has 0 bridgehead atoms. The number of carboxylic acids is 1. The lowest BCUT2D eigenvalue weighted by molar-refractivity contribution is -0.175. The number of carbonyl (C=O) groups is 1. The Labute approximate surface area is 179 Å². The number of fused-ring (bicyclic) bond motifs is 5. The molecule has 0 aromatic carbocycles. The van der Waals surface area contributed by atoms with Gasteiger partial charge in [0.2, 0.25) is 0 Å². The van der Waals surface area contributed by atoms with Crippen molar-refractivity contribution in [3.8, 4) is 0 Å². The largest absolute Gasteiger partial charge is 0.481 e. The zero-order chi connectivity index (χ0) is 26.6. The van der Waals surface area contributed by atoms with E-state index in [0.717, 1.165) is 12.8 Å². The summed E-state index contributed by atoms with van der Waals surface area (Å²) in [5.74, 6) is -2.92. The Kier molecular flexibility index (Phi) is 3.54. The molecule has 4 rings (SSSR count). The van der Waals surface area contributed by atoms with E-state index >= 15 is 0 Å². The monoisotopic (exact) mass is 399 g/mol. The maximum Gasteiger partial charge on any atom is 0.303 e. The Morgan fingerprint density at radius 1 is 1.18 bits per heavy atom. The summed E-state index contributed by atoms with van der Waals surface area (Å²) in [6, 6.07) is 0. The van der Waals surface area contributed by atoms with Gasteiger partial charge in [-0.1, -0.05) is 20.8 Å². The predicted molar refractivity (Wildman–Crippen MR) is 109 cm³/mol. The van der Waals surface area contributed by atoms with Crippen LogP contribution in [-0.4, -0.2) is 33.5 Å². The molecule has 0 unspecified atom stereocenters. The smallest absolute Gasteiger partial charge is 0.303 e. The van der Waals surface area contributed by atoms with Crippen molar-refractivity contribution in [3.05, 3.63) is 0 Å². The minimum absolute atomic E-state index is 0.00806. The lowest BCUT2D eigenvalue weighted by Crippen LogP contribution is -2.58. The molecular formula is C24H40O4. The molecule has 4 fully saturated rings. The maximum atomic E-state index is 11.7. The molecule has 28 heavy (non-hydrogen) atoms. The SMILES string of the molecule is [2H]C1([2H])[C@H]2[C@@H](CC[C@@H]3C([2H])([2H])[C@]([2H])(O)C([2H])([2H])C[C@]23C)[C@@H]2CC[C@H]([C@H](C)CCC(=O)O)[C@@]2(C)[C@H]1O. The van der Waals surface area contributed by atoms with Crippen molar-refractivity contribution in [1.29, 1.82) is 0 Å². The summed E-state index contributed by atoms with van der Waals surface area (Å²) in [6.45, 7) is 5.61. The van der Waals surface area contributed by atoms with Gasteiger partial charge in [-0.15, -0.1) is 0 Å². The highest BCUT2D eigenvalue weighted by Crippen LogP contribution is 2.68. The quantitative estimate of drug-likeness (QED) is 0.651. The van der Waals surface area contributed by atoms with Crippen LogP contribution in [0.5, 0.6) is 0 Å². The van der Waals surface area contributed by atoms with E-state index in [1.807, 2.05) is 13.8 Å². The van der Waals surface area contributed by atoms with Crippen molar-refractivity contribution in [1.82, 2.24) is 0 Å². The van der Waals surface area contributed by atoms with Crippen LogP contribution in [0.15, 0.2) is 0 Å². The number of hydrogen-bond donors (Lipinski definition) is 3. The summed E-state index contributed by atoms with van der Waals surface area (Å²) >= 11 is 0. The molecule has 4 aliphatic rings. The van der Waals surface area contributed by atoms with E-state index in [1.54, 1.807) is 6.92 Å². The van der Waals surface area contributed by atoms with Gasteiger partial charge >= 0.3 is 5.97 Å². The van der Waals surface area contributed by atoms with Crippen LogP contribution in [0.25, 0.3) is 0 Å². The summed E-state index contributed by atoms with van der Waals surface area (Å²) < 4.78 is 60.8. The van der Waals surface area contributed by atoms with E-state index in [9.17, 15) is 17.7 Å². The fraction of sp³-hybridized carbons (Fsp3) is 0.958. The van der Waals surface area contributed by atoms with E-state index in [0.29, 0.717) is 19.3 Å². The molecule has 0 saturated heterocycles. The second-order valence-electron chi connectivity index (χ2n) is 10.3. The summed E-state index contributed by atoms with van der Waals surface area (Å²) in [4.78, 5) is 11.2. The number of aliphatic hydroxyl groups excluding tert-OH is 1. The van der Waals surface area contributed by atoms with Gasteiger partial charge in [0.15, 0.2) is 0 Å². The third-order valence-corrected chi connectivity index (χ3v) is 9.00. The summed E-state index contributed by atoms with van der Waals surface area (Å²) in [6.07, 6.45) is -9.18. The minimum Gasteiger partial charge on any atom is -0.481 e. The van der Waals surface area contributed by atoms with Crippen LogP contribution in [0.1, 0.15) is 94.4 Å². The minimum atomic E-state index is -2.95. The van der Waals surface area contributed by atoms with Gasteiger partial charge in [-0.05, 0) is 104 Å². The molecule has 4 nitrogen and oxygen atoms in total. The molecule has 10 atom stereocenters. The molecule has 0 aliphatic heterocycles. The first-order chi connectivity index (χ1) is 15.8. The molecule has 0 radical (unpaired) electrons. The molecule has 0 spiro atoms. The zero-order valence-electron chi connectivity index (χ0n) is 24.2. The van der Waals surface area contributed by atoms with Gasteiger partial charge in [0.1, 0.15) is 0 Å². The Hall–Kier alpha value is -0.610. The second-order valence-corrected chi connectivity index (χ2v) is 10.3. The number of rotatable bonds is 4. The Morgan fingerprint density at radius 2 is 1.93 bits per heavy atom. The highest BCUT2D eigenvalue weighted by Gasteiger charge is 2.63. The highest BCUT2D eigenvalue weighted by molar-refractivity contribution is 5.66. The average molecular weight is 400 g/mol. The third-order valence-electron chi connectivity index (χ3n) is 9.00. The van der Waals surface area contributed by atoms with Crippen LogP contribution in [0.4, 0.5) is 0 Å². The molecule has 4 saturated carbocycles. The number of aliphatic hydroxyl groups is 2.